The number of nitrogens with one attached hydrogen (secondary N) is 1. The van der Waals surface area contributed by atoms with Crippen LogP contribution in [0.5, 0.6) is 0 Å². The van der Waals surface area contributed by atoms with Crippen LogP contribution < -0.4 is 5.32 Å². The molecule has 0 radical (unpaired) electrons. The third-order valence-electron chi connectivity index (χ3n) is 5.29. The molecule has 1 saturated carbocycles. The summed E-state index contributed by atoms with van der Waals surface area (Å²) >= 11 is 0. The molecule has 0 aromatic rings. The Kier molecular flexibility index (Phi) is 5.49. The standard InChI is InChI=1S/C17H34N2O/c1-16(2,3)10-7-15(18-4)17(8-5-6-9-17)19-11-13-20-14-12-19/h15,18H,5-14H2,1-4H3. The summed E-state index contributed by atoms with van der Waals surface area (Å²) in [6.45, 7) is 11.1. The van der Waals surface area contributed by atoms with Crippen LogP contribution in [0.15, 0.2) is 0 Å². The second-order valence-corrected chi connectivity index (χ2v) is 7.85. The van der Waals surface area contributed by atoms with Crippen LogP contribution in [0.25, 0.3) is 0 Å². The van der Waals surface area contributed by atoms with Crippen LogP contribution >= 0.6 is 0 Å². The summed E-state index contributed by atoms with van der Waals surface area (Å²) in [5.41, 5.74) is 0.823. The average molecular weight is 282 g/mol. The topological polar surface area (TPSA) is 24.5 Å². The molecule has 1 saturated heterocycles. The molecule has 1 N–H and O–H groups in total. The van der Waals surface area contributed by atoms with Gasteiger partial charge in [0.2, 0.25) is 0 Å². The summed E-state index contributed by atoms with van der Waals surface area (Å²) in [7, 11) is 2.16. The van der Waals surface area contributed by atoms with E-state index in [4.69, 9.17) is 4.74 Å². The minimum atomic E-state index is 0.393. The van der Waals surface area contributed by atoms with E-state index in [2.05, 4.69) is 38.0 Å². The molecule has 0 aromatic heterocycles. The Balaban J connectivity index is 2.08. The highest BCUT2D eigenvalue weighted by atomic mass is 16.5. The van der Waals surface area contributed by atoms with Crippen molar-refractivity contribution >= 4 is 0 Å². The molecule has 1 unspecified atom stereocenters. The Morgan fingerprint density at radius 3 is 2.25 bits per heavy atom. The van der Waals surface area contributed by atoms with Crippen molar-refractivity contribution in [3.8, 4) is 0 Å². The highest BCUT2D eigenvalue weighted by Crippen LogP contribution is 2.40. The zero-order chi connectivity index (χ0) is 14.6. The second-order valence-electron chi connectivity index (χ2n) is 7.85. The fourth-order valence-electron chi connectivity index (χ4n) is 4.14. The summed E-state index contributed by atoms with van der Waals surface area (Å²) in [6, 6.07) is 0.627. The number of nitrogens with zero attached hydrogens (tertiary/aromatic N) is 1. The fraction of sp³-hybridized carbons (Fsp3) is 1.00. The van der Waals surface area contributed by atoms with Crippen LogP contribution in [-0.4, -0.2) is 49.8 Å². The number of hydrogen-bond donors (Lipinski definition) is 1. The molecule has 0 spiro atoms. The van der Waals surface area contributed by atoms with Gasteiger partial charge in [-0.1, -0.05) is 33.6 Å². The Bertz CT molecular complexity index is 286. The first kappa shape index (κ1) is 16.3. The molecule has 3 heteroatoms. The Morgan fingerprint density at radius 1 is 1.15 bits per heavy atom. The van der Waals surface area contributed by atoms with Crippen molar-refractivity contribution in [2.45, 2.75) is 70.9 Å². The first-order chi connectivity index (χ1) is 9.48. The van der Waals surface area contributed by atoms with Gasteiger partial charge in [0, 0.05) is 24.7 Å². The molecule has 0 amide bonds. The van der Waals surface area contributed by atoms with Gasteiger partial charge in [0.25, 0.3) is 0 Å². The van der Waals surface area contributed by atoms with Crippen LogP contribution in [-0.2, 0) is 4.74 Å². The van der Waals surface area contributed by atoms with E-state index in [9.17, 15) is 0 Å². The van der Waals surface area contributed by atoms with Gasteiger partial charge in [0.15, 0.2) is 0 Å². The van der Waals surface area contributed by atoms with Crippen LogP contribution in [0.3, 0.4) is 0 Å². The van der Waals surface area contributed by atoms with E-state index in [0.717, 1.165) is 26.3 Å². The molecule has 1 aliphatic heterocycles. The summed E-state index contributed by atoms with van der Waals surface area (Å²) in [5.74, 6) is 0. The Hall–Kier alpha value is -0.120. The molecule has 2 aliphatic rings. The Morgan fingerprint density at radius 2 is 1.75 bits per heavy atom. The van der Waals surface area contributed by atoms with Gasteiger partial charge >= 0.3 is 0 Å². The third-order valence-corrected chi connectivity index (χ3v) is 5.29. The van der Waals surface area contributed by atoms with E-state index in [1.165, 1.54) is 38.5 Å². The molecule has 2 rings (SSSR count). The molecule has 0 bridgehead atoms. The van der Waals surface area contributed by atoms with Gasteiger partial charge in [-0.05, 0) is 38.1 Å². The minimum Gasteiger partial charge on any atom is -0.379 e. The molecular weight excluding hydrogens is 248 g/mol. The van der Waals surface area contributed by atoms with Crippen molar-refractivity contribution in [3.63, 3.8) is 0 Å². The summed E-state index contributed by atoms with van der Waals surface area (Å²) in [6.07, 6.45) is 8.10. The molecule has 1 heterocycles. The lowest BCUT2D eigenvalue weighted by molar-refractivity contribution is -0.0370. The van der Waals surface area contributed by atoms with Gasteiger partial charge in [-0.15, -0.1) is 0 Å². The fourth-order valence-corrected chi connectivity index (χ4v) is 4.14. The van der Waals surface area contributed by atoms with Gasteiger partial charge in [0.05, 0.1) is 13.2 Å². The van der Waals surface area contributed by atoms with Crippen LogP contribution in [0, 0.1) is 5.41 Å². The average Bonchev–Trinajstić information content (AvgIpc) is 2.90. The van der Waals surface area contributed by atoms with E-state index < -0.39 is 0 Å². The smallest absolute Gasteiger partial charge is 0.0594 e. The zero-order valence-electron chi connectivity index (χ0n) is 14.0. The van der Waals surface area contributed by atoms with Crippen molar-refractivity contribution in [2.75, 3.05) is 33.4 Å². The van der Waals surface area contributed by atoms with Crippen molar-refractivity contribution in [2.24, 2.45) is 5.41 Å². The number of likely N-dealkylation sites (N-methyl/N-ethyl adjacent to an activating group) is 1. The zero-order valence-corrected chi connectivity index (χ0v) is 14.0. The van der Waals surface area contributed by atoms with Gasteiger partial charge in [-0.25, -0.2) is 0 Å². The largest absolute Gasteiger partial charge is 0.379 e. The van der Waals surface area contributed by atoms with E-state index in [0.29, 0.717) is 17.0 Å². The van der Waals surface area contributed by atoms with Crippen LogP contribution in [0.1, 0.15) is 59.3 Å². The molecule has 0 aromatic carbocycles. The lowest BCUT2D eigenvalue weighted by Crippen LogP contribution is -2.62. The molecule has 20 heavy (non-hydrogen) atoms. The predicted molar refractivity (Wildman–Crippen MR) is 85.1 cm³/mol. The van der Waals surface area contributed by atoms with E-state index in [1.807, 2.05) is 0 Å². The maximum atomic E-state index is 5.57. The molecular formula is C17H34N2O. The summed E-state index contributed by atoms with van der Waals surface area (Å²) < 4.78 is 5.57. The molecule has 1 atom stereocenters. The lowest BCUT2D eigenvalue weighted by atomic mass is 9.79. The first-order valence-corrected chi connectivity index (χ1v) is 8.48. The van der Waals surface area contributed by atoms with Crippen molar-refractivity contribution in [1.29, 1.82) is 0 Å². The van der Waals surface area contributed by atoms with E-state index in [-0.39, 0.29) is 0 Å². The minimum absolute atomic E-state index is 0.393. The van der Waals surface area contributed by atoms with Gasteiger partial charge in [0.1, 0.15) is 0 Å². The number of hydrogen-bond acceptors (Lipinski definition) is 3. The molecule has 118 valence electrons. The molecule has 3 nitrogen and oxygen atoms in total. The maximum Gasteiger partial charge on any atom is 0.0594 e. The van der Waals surface area contributed by atoms with Crippen molar-refractivity contribution in [3.05, 3.63) is 0 Å². The number of ether oxygens (including phenoxy) is 1. The normalized spacial score (nSPS) is 25.8. The first-order valence-electron chi connectivity index (χ1n) is 8.48. The van der Waals surface area contributed by atoms with Crippen molar-refractivity contribution < 1.29 is 4.74 Å². The quantitative estimate of drug-likeness (QED) is 0.839. The van der Waals surface area contributed by atoms with Gasteiger partial charge in [-0.2, -0.15) is 0 Å². The lowest BCUT2D eigenvalue weighted by Gasteiger charge is -2.48. The van der Waals surface area contributed by atoms with Crippen LogP contribution in [0.4, 0.5) is 0 Å². The summed E-state index contributed by atoms with van der Waals surface area (Å²) in [5, 5.41) is 3.67. The molecule has 2 fully saturated rings. The van der Waals surface area contributed by atoms with E-state index >= 15 is 0 Å². The van der Waals surface area contributed by atoms with Crippen molar-refractivity contribution in [1.82, 2.24) is 10.2 Å². The van der Waals surface area contributed by atoms with E-state index in [1.54, 1.807) is 0 Å². The second kappa shape index (κ2) is 6.76. The monoisotopic (exact) mass is 282 g/mol. The van der Waals surface area contributed by atoms with Crippen LogP contribution in [0.2, 0.25) is 0 Å². The highest BCUT2D eigenvalue weighted by Gasteiger charge is 2.45. The number of morpholine rings is 1. The van der Waals surface area contributed by atoms with Gasteiger partial charge < -0.3 is 10.1 Å². The number of rotatable bonds is 5. The maximum absolute atomic E-state index is 5.57. The summed E-state index contributed by atoms with van der Waals surface area (Å²) in [4.78, 5) is 2.74. The SMILES string of the molecule is CNC(CCC(C)(C)C)C1(N2CCOCC2)CCCC1. The third kappa shape index (κ3) is 3.75. The van der Waals surface area contributed by atoms with Gasteiger partial charge in [-0.3, -0.25) is 4.90 Å². The Labute approximate surface area is 125 Å². The predicted octanol–water partition coefficient (Wildman–Crippen LogP) is 3.05. The molecule has 1 aliphatic carbocycles. The highest BCUT2D eigenvalue weighted by molar-refractivity contribution is 5.04.